The molecule has 28 heavy (non-hydrogen) atoms. The van der Waals surface area contributed by atoms with Crippen LogP contribution in [0.3, 0.4) is 0 Å². The van der Waals surface area contributed by atoms with Gasteiger partial charge in [-0.1, -0.05) is 60.7 Å². The van der Waals surface area contributed by atoms with Crippen LogP contribution in [0.25, 0.3) is 11.3 Å². The van der Waals surface area contributed by atoms with Crippen molar-refractivity contribution in [1.29, 1.82) is 0 Å². The average molecular weight is 370 g/mol. The highest BCUT2D eigenvalue weighted by molar-refractivity contribution is 5.63. The van der Waals surface area contributed by atoms with Crippen molar-refractivity contribution in [2.75, 3.05) is 13.2 Å². The van der Waals surface area contributed by atoms with Crippen molar-refractivity contribution >= 4 is 0 Å². The largest absolute Gasteiger partial charge is 0.467 e. The third kappa shape index (κ3) is 3.05. The standard InChI is InChI=1S/C23H22N4O/c1-3-8-17(9-4-1)21-23(19-14-24-15-25-19)27(16-26-21)22(20-12-7-13-28-20)18-10-5-2-6-11-18/h1-13,16,19,22,24-25H,14-15H2. The molecule has 0 bridgehead atoms. The molecule has 5 rings (SSSR count). The second kappa shape index (κ2) is 7.46. The Labute approximate surface area is 164 Å². The normalized spacial score (nSPS) is 17.6. The molecular formula is C23H22N4O. The van der Waals surface area contributed by atoms with Crippen LogP contribution in [0.2, 0.25) is 0 Å². The number of aromatic nitrogens is 2. The van der Waals surface area contributed by atoms with Crippen LogP contribution in [0.1, 0.15) is 29.1 Å². The molecule has 2 aromatic heterocycles. The Hall–Kier alpha value is -3.15. The number of nitrogens with zero attached hydrogens (tertiary/aromatic N) is 2. The van der Waals surface area contributed by atoms with Crippen molar-refractivity contribution in [3.63, 3.8) is 0 Å². The summed E-state index contributed by atoms with van der Waals surface area (Å²) in [5.41, 5.74) is 4.47. The zero-order chi connectivity index (χ0) is 18.8. The molecule has 140 valence electrons. The second-order valence-corrected chi connectivity index (χ2v) is 6.97. The molecule has 5 nitrogen and oxygen atoms in total. The lowest BCUT2D eigenvalue weighted by atomic mass is 10.0. The van der Waals surface area contributed by atoms with Gasteiger partial charge in [0.25, 0.3) is 0 Å². The maximum Gasteiger partial charge on any atom is 0.131 e. The van der Waals surface area contributed by atoms with E-state index in [2.05, 4.69) is 63.7 Å². The van der Waals surface area contributed by atoms with Gasteiger partial charge in [0.1, 0.15) is 11.8 Å². The first kappa shape index (κ1) is 17.0. The number of rotatable bonds is 5. The summed E-state index contributed by atoms with van der Waals surface area (Å²) in [7, 11) is 0. The van der Waals surface area contributed by atoms with Crippen molar-refractivity contribution in [1.82, 2.24) is 20.2 Å². The number of hydrogen-bond acceptors (Lipinski definition) is 4. The summed E-state index contributed by atoms with van der Waals surface area (Å²) in [6, 6.07) is 24.9. The molecular weight excluding hydrogens is 348 g/mol. The van der Waals surface area contributed by atoms with Crippen LogP contribution >= 0.6 is 0 Å². The molecule has 0 amide bonds. The number of benzene rings is 2. The van der Waals surface area contributed by atoms with Crippen LogP contribution < -0.4 is 10.6 Å². The summed E-state index contributed by atoms with van der Waals surface area (Å²) < 4.78 is 8.10. The summed E-state index contributed by atoms with van der Waals surface area (Å²) in [5.74, 6) is 0.899. The van der Waals surface area contributed by atoms with Crippen LogP contribution in [-0.4, -0.2) is 22.8 Å². The van der Waals surface area contributed by atoms with Gasteiger partial charge < -0.3 is 14.3 Å². The average Bonchev–Trinajstić information content (AvgIpc) is 3.52. The number of furan rings is 1. The Kier molecular flexibility index (Phi) is 4.53. The van der Waals surface area contributed by atoms with Gasteiger partial charge in [0.15, 0.2) is 0 Å². The van der Waals surface area contributed by atoms with Crippen LogP contribution in [-0.2, 0) is 0 Å². The zero-order valence-electron chi connectivity index (χ0n) is 15.5. The van der Waals surface area contributed by atoms with Gasteiger partial charge in [0.2, 0.25) is 0 Å². The first-order valence-electron chi connectivity index (χ1n) is 9.56. The highest BCUT2D eigenvalue weighted by Crippen LogP contribution is 2.35. The molecule has 0 spiro atoms. The van der Waals surface area contributed by atoms with E-state index in [1.165, 1.54) is 11.3 Å². The molecule has 2 aromatic carbocycles. The van der Waals surface area contributed by atoms with Gasteiger partial charge in [0, 0.05) is 18.8 Å². The fourth-order valence-electron chi connectivity index (χ4n) is 3.96. The summed E-state index contributed by atoms with van der Waals surface area (Å²) in [4.78, 5) is 4.84. The van der Waals surface area contributed by atoms with Crippen molar-refractivity contribution in [3.8, 4) is 11.3 Å². The molecule has 1 fully saturated rings. The Morgan fingerprint density at radius 1 is 0.964 bits per heavy atom. The van der Waals surface area contributed by atoms with Crippen LogP contribution in [0.15, 0.2) is 89.8 Å². The Bertz CT molecular complexity index is 1020. The van der Waals surface area contributed by atoms with Crippen molar-refractivity contribution < 1.29 is 4.42 Å². The molecule has 0 aliphatic carbocycles. The fraction of sp³-hybridized carbons (Fsp3) is 0.174. The third-order valence-electron chi connectivity index (χ3n) is 5.24. The first-order chi connectivity index (χ1) is 13.9. The third-order valence-corrected chi connectivity index (χ3v) is 5.24. The summed E-state index contributed by atoms with van der Waals surface area (Å²) in [6.45, 7) is 1.66. The van der Waals surface area contributed by atoms with Crippen molar-refractivity contribution in [3.05, 3.63) is 102 Å². The minimum absolute atomic E-state index is 0.0708. The van der Waals surface area contributed by atoms with E-state index in [4.69, 9.17) is 9.40 Å². The van der Waals surface area contributed by atoms with E-state index in [-0.39, 0.29) is 12.1 Å². The van der Waals surface area contributed by atoms with Gasteiger partial charge in [-0.2, -0.15) is 0 Å². The molecule has 1 aliphatic rings. The van der Waals surface area contributed by atoms with Crippen molar-refractivity contribution in [2.45, 2.75) is 12.1 Å². The highest BCUT2D eigenvalue weighted by atomic mass is 16.3. The van der Waals surface area contributed by atoms with E-state index in [0.29, 0.717) is 0 Å². The van der Waals surface area contributed by atoms with E-state index in [1.54, 1.807) is 6.26 Å². The number of hydrogen-bond donors (Lipinski definition) is 2. The lowest BCUT2D eigenvalue weighted by Gasteiger charge is -2.23. The topological polar surface area (TPSA) is 55.0 Å². The molecule has 4 aromatic rings. The van der Waals surface area contributed by atoms with Crippen LogP contribution in [0.5, 0.6) is 0 Å². The second-order valence-electron chi connectivity index (χ2n) is 6.97. The van der Waals surface area contributed by atoms with E-state index >= 15 is 0 Å². The molecule has 5 heteroatoms. The molecule has 1 saturated heterocycles. The SMILES string of the molecule is c1ccc(-c2ncn(C(c3ccccc3)c3ccco3)c2C2CNCN2)cc1. The Morgan fingerprint density at radius 3 is 2.43 bits per heavy atom. The predicted octanol–water partition coefficient (Wildman–Crippen LogP) is 3.97. The maximum absolute atomic E-state index is 5.85. The summed E-state index contributed by atoms with van der Waals surface area (Å²) >= 11 is 0. The molecule has 2 atom stereocenters. The summed E-state index contributed by atoms with van der Waals surface area (Å²) in [6.07, 6.45) is 3.67. The maximum atomic E-state index is 5.85. The molecule has 2 N–H and O–H groups in total. The molecule has 1 aliphatic heterocycles. The quantitative estimate of drug-likeness (QED) is 0.558. The predicted molar refractivity (Wildman–Crippen MR) is 109 cm³/mol. The number of nitrogens with one attached hydrogen (secondary N) is 2. The van der Waals surface area contributed by atoms with E-state index in [0.717, 1.165) is 30.2 Å². The lowest BCUT2D eigenvalue weighted by molar-refractivity contribution is 0.447. The highest BCUT2D eigenvalue weighted by Gasteiger charge is 2.29. The first-order valence-corrected chi connectivity index (χ1v) is 9.56. The van der Waals surface area contributed by atoms with Gasteiger partial charge in [0.05, 0.1) is 30.0 Å². The van der Waals surface area contributed by atoms with Crippen LogP contribution in [0, 0.1) is 0 Å². The lowest BCUT2D eigenvalue weighted by Crippen LogP contribution is -2.22. The van der Waals surface area contributed by atoms with E-state index < -0.39 is 0 Å². The van der Waals surface area contributed by atoms with Gasteiger partial charge >= 0.3 is 0 Å². The van der Waals surface area contributed by atoms with Gasteiger partial charge in [-0.05, 0) is 17.7 Å². The Balaban J connectivity index is 1.70. The fourth-order valence-corrected chi connectivity index (χ4v) is 3.96. The summed E-state index contributed by atoms with van der Waals surface area (Å²) in [5, 5.41) is 6.96. The number of imidazole rings is 1. The smallest absolute Gasteiger partial charge is 0.131 e. The van der Waals surface area contributed by atoms with Gasteiger partial charge in [-0.3, -0.25) is 5.32 Å². The minimum atomic E-state index is -0.0708. The van der Waals surface area contributed by atoms with Gasteiger partial charge in [-0.15, -0.1) is 0 Å². The van der Waals surface area contributed by atoms with Gasteiger partial charge in [-0.25, -0.2) is 4.98 Å². The molecule has 3 heterocycles. The van der Waals surface area contributed by atoms with E-state index in [9.17, 15) is 0 Å². The molecule has 0 radical (unpaired) electrons. The van der Waals surface area contributed by atoms with Crippen LogP contribution in [0.4, 0.5) is 0 Å². The zero-order valence-corrected chi connectivity index (χ0v) is 15.5. The minimum Gasteiger partial charge on any atom is -0.467 e. The Morgan fingerprint density at radius 2 is 1.75 bits per heavy atom. The monoisotopic (exact) mass is 370 g/mol. The van der Waals surface area contributed by atoms with E-state index in [1.807, 2.05) is 30.6 Å². The van der Waals surface area contributed by atoms with Crippen molar-refractivity contribution in [2.24, 2.45) is 0 Å². The molecule has 2 unspecified atom stereocenters. The molecule has 0 saturated carbocycles.